The van der Waals surface area contributed by atoms with Crippen molar-refractivity contribution in [3.8, 4) is 5.75 Å². The molecule has 0 saturated heterocycles. The van der Waals surface area contributed by atoms with Crippen molar-refractivity contribution in [2.24, 2.45) is 0 Å². The lowest BCUT2D eigenvalue weighted by Crippen LogP contribution is -2.30. The molecule has 0 unspecified atom stereocenters. The average Bonchev–Trinajstić information content (AvgIpc) is 3.18. The van der Waals surface area contributed by atoms with Gasteiger partial charge < -0.3 is 15.0 Å². The normalized spacial score (nSPS) is 13.2. The highest BCUT2D eigenvalue weighted by Crippen LogP contribution is 2.32. The molecule has 0 radical (unpaired) electrons. The topological polar surface area (TPSA) is 58.6 Å². The fourth-order valence-electron chi connectivity index (χ4n) is 3.11. The molecule has 3 aromatic rings. The van der Waals surface area contributed by atoms with E-state index in [9.17, 15) is 9.59 Å². The molecule has 0 aliphatic carbocycles. The van der Waals surface area contributed by atoms with E-state index in [-0.39, 0.29) is 11.8 Å². The van der Waals surface area contributed by atoms with Crippen molar-refractivity contribution in [1.29, 1.82) is 0 Å². The summed E-state index contributed by atoms with van der Waals surface area (Å²) < 4.78 is 5.24. The van der Waals surface area contributed by atoms with Gasteiger partial charge in [-0.15, -0.1) is 23.1 Å². The lowest BCUT2D eigenvalue weighted by molar-refractivity contribution is -0.115. The number of benzene rings is 2. The van der Waals surface area contributed by atoms with E-state index in [1.165, 1.54) is 0 Å². The molecule has 2 amide bonds. The summed E-state index contributed by atoms with van der Waals surface area (Å²) >= 11 is 3.24. The molecule has 0 bridgehead atoms. The molecule has 0 spiro atoms. The average molecular weight is 425 g/mol. The van der Waals surface area contributed by atoms with E-state index in [4.69, 9.17) is 4.74 Å². The van der Waals surface area contributed by atoms with Gasteiger partial charge in [0.1, 0.15) is 5.75 Å². The number of ether oxygens (including phenoxy) is 1. The van der Waals surface area contributed by atoms with Gasteiger partial charge in [-0.05, 0) is 53.9 Å². The minimum Gasteiger partial charge on any atom is -0.497 e. The highest BCUT2D eigenvalue weighted by atomic mass is 32.2. The Morgan fingerprint density at radius 1 is 1.17 bits per heavy atom. The molecule has 4 rings (SSSR count). The maximum Gasteiger partial charge on any atom is 0.258 e. The third-order valence-corrected chi connectivity index (χ3v) is 6.55. The van der Waals surface area contributed by atoms with Gasteiger partial charge in [0.2, 0.25) is 5.91 Å². The summed E-state index contributed by atoms with van der Waals surface area (Å²) in [6.45, 7) is 0.473. The Bertz CT molecular complexity index is 1020. The molecule has 1 aliphatic heterocycles. The number of carbonyl (C=O) groups excluding carboxylic acids is 2. The number of rotatable bonds is 5. The Hall–Kier alpha value is -2.77. The first-order valence-corrected chi connectivity index (χ1v) is 11.1. The lowest BCUT2D eigenvalue weighted by Gasteiger charge is -2.23. The van der Waals surface area contributed by atoms with Crippen LogP contribution in [0.25, 0.3) is 0 Å². The molecule has 2 heterocycles. The summed E-state index contributed by atoms with van der Waals surface area (Å²) in [6, 6.07) is 17.0. The number of nitrogens with one attached hydrogen (secondary N) is 1. The van der Waals surface area contributed by atoms with E-state index in [0.29, 0.717) is 24.2 Å². The van der Waals surface area contributed by atoms with Crippen LogP contribution in [0.15, 0.2) is 64.9 Å². The number of fused-ring (bicyclic) bond motifs is 1. The fourth-order valence-corrected chi connectivity index (χ4v) is 4.74. The number of methoxy groups -OCH3 is 1. The molecule has 0 atom stereocenters. The molecule has 1 aliphatic rings. The van der Waals surface area contributed by atoms with Gasteiger partial charge >= 0.3 is 0 Å². The predicted molar refractivity (Wildman–Crippen MR) is 118 cm³/mol. The van der Waals surface area contributed by atoms with Crippen molar-refractivity contribution in [3.05, 3.63) is 70.4 Å². The highest BCUT2D eigenvalue weighted by Gasteiger charge is 2.21. The van der Waals surface area contributed by atoms with Crippen LogP contribution in [0.1, 0.15) is 21.7 Å². The summed E-state index contributed by atoms with van der Waals surface area (Å²) in [5.74, 6) is 1.34. The maximum absolute atomic E-state index is 13.5. The SMILES string of the molecule is COc1ccc(N(Cc2cccs2)C(=O)c2ccc3c(c2)NC(=O)CCS3)cc1. The maximum atomic E-state index is 13.5. The lowest BCUT2D eigenvalue weighted by atomic mass is 10.1. The molecule has 7 heteroatoms. The quantitative estimate of drug-likeness (QED) is 0.624. The van der Waals surface area contributed by atoms with Crippen LogP contribution in [0.4, 0.5) is 11.4 Å². The van der Waals surface area contributed by atoms with Gasteiger partial charge in [0.15, 0.2) is 0 Å². The number of amides is 2. The molecule has 1 N–H and O–H groups in total. The first-order valence-electron chi connectivity index (χ1n) is 9.19. The van der Waals surface area contributed by atoms with Crippen LogP contribution < -0.4 is 15.0 Å². The van der Waals surface area contributed by atoms with Gasteiger partial charge in [0, 0.05) is 33.2 Å². The van der Waals surface area contributed by atoms with Crippen LogP contribution in [0.2, 0.25) is 0 Å². The second-order valence-electron chi connectivity index (χ2n) is 6.53. The third-order valence-electron chi connectivity index (χ3n) is 4.61. The van der Waals surface area contributed by atoms with E-state index >= 15 is 0 Å². The van der Waals surface area contributed by atoms with Gasteiger partial charge in [0.25, 0.3) is 5.91 Å². The molecule has 0 saturated carbocycles. The number of thiophene rings is 1. The number of carbonyl (C=O) groups is 2. The summed E-state index contributed by atoms with van der Waals surface area (Å²) in [5, 5.41) is 4.91. The van der Waals surface area contributed by atoms with Crippen molar-refractivity contribution >= 4 is 46.3 Å². The summed E-state index contributed by atoms with van der Waals surface area (Å²) in [4.78, 5) is 29.2. The first-order chi connectivity index (χ1) is 14.1. The van der Waals surface area contributed by atoms with Gasteiger partial charge in [-0.3, -0.25) is 9.59 Å². The molecule has 29 heavy (non-hydrogen) atoms. The minimum atomic E-state index is -0.116. The predicted octanol–water partition coefficient (Wildman–Crippen LogP) is 5.04. The van der Waals surface area contributed by atoms with E-state index in [0.717, 1.165) is 27.0 Å². The molecular formula is C22H20N2O3S2. The third kappa shape index (κ3) is 4.46. The van der Waals surface area contributed by atoms with Crippen LogP contribution in [0.5, 0.6) is 5.75 Å². The zero-order chi connectivity index (χ0) is 20.2. The van der Waals surface area contributed by atoms with E-state index < -0.39 is 0 Å². The van der Waals surface area contributed by atoms with Crippen LogP contribution in [0, 0.1) is 0 Å². The van der Waals surface area contributed by atoms with Crippen LogP contribution in [-0.2, 0) is 11.3 Å². The fraction of sp³-hybridized carbons (Fsp3) is 0.182. The molecule has 0 fully saturated rings. The Morgan fingerprint density at radius 3 is 2.72 bits per heavy atom. The molecular weight excluding hydrogens is 404 g/mol. The molecule has 2 aromatic carbocycles. The molecule has 1 aromatic heterocycles. The second kappa shape index (κ2) is 8.71. The standard InChI is InChI=1S/C22H20N2O3S2/c1-27-17-7-5-16(6-8-17)24(14-18-3-2-11-28-18)22(26)15-4-9-20-19(13-15)23-21(25)10-12-29-20/h2-9,11,13H,10,12,14H2,1H3,(H,23,25). The van der Waals surface area contributed by atoms with Crippen LogP contribution >= 0.6 is 23.1 Å². The van der Waals surface area contributed by atoms with Gasteiger partial charge in [0.05, 0.1) is 19.3 Å². The van der Waals surface area contributed by atoms with E-state index in [2.05, 4.69) is 5.32 Å². The van der Waals surface area contributed by atoms with Crippen LogP contribution in [-0.4, -0.2) is 24.7 Å². The zero-order valence-corrected chi connectivity index (χ0v) is 17.5. The summed E-state index contributed by atoms with van der Waals surface area (Å²) in [6.07, 6.45) is 0.471. The van der Waals surface area contributed by atoms with Gasteiger partial charge in [-0.2, -0.15) is 0 Å². The summed E-state index contributed by atoms with van der Waals surface area (Å²) in [5.41, 5.74) is 2.03. The van der Waals surface area contributed by atoms with Crippen molar-refractivity contribution in [2.45, 2.75) is 17.9 Å². The highest BCUT2D eigenvalue weighted by molar-refractivity contribution is 7.99. The van der Waals surface area contributed by atoms with Crippen molar-refractivity contribution in [3.63, 3.8) is 0 Å². The number of nitrogens with zero attached hydrogens (tertiary/aromatic N) is 1. The Balaban J connectivity index is 1.68. The number of hydrogen-bond acceptors (Lipinski definition) is 5. The summed E-state index contributed by atoms with van der Waals surface area (Å²) in [7, 11) is 1.62. The number of hydrogen-bond donors (Lipinski definition) is 1. The second-order valence-corrected chi connectivity index (χ2v) is 8.70. The first kappa shape index (κ1) is 19.5. The largest absolute Gasteiger partial charge is 0.497 e. The molecule has 148 valence electrons. The van der Waals surface area contributed by atoms with Gasteiger partial charge in [-0.25, -0.2) is 0 Å². The van der Waals surface area contributed by atoms with E-state index in [1.807, 2.05) is 53.9 Å². The number of anilines is 2. The van der Waals surface area contributed by atoms with Crippen LogP contribution in [0.3, 0.4) is 0 Å². The van der Waals surface area contributed by atoms with Crippen molar-refractivity contribution in [1.82, 2.24) is 0 Å². The smallest absolute Gasteiger partial charge is 0.258 e. The minimum absolute atomic E-state index is 0.0218. The Kier molecular flexibility index (Phi) is 5.87. The monoisotopic (exact) mass is 424 g/mol. The molecule has 5 nitrogen and oxygen atoms in total. The van der Waals surface area contributed by atoms with Gasteiger partial charge in [-0.1, -0.05) is 6.07 Å². The Morgan fingerprint density at radius 2 is 2.00 bits per heavy atom. The van der Waals surface area contributed by atoms with E-state index in [1.54, 1.807) is 41.2 Å². The van der Waals surface area contributed by atoms with Crippen molar-refractivity contribution < 1.29 is 14.3 Å². The van der Waals surface area contributed by atoms with Crippen molar-refractivity contribution in [2.75, 3.05) is 23.1 Å². The number of thioether (sulfide) groups is 1. The zero-order valence-electron chi connectivity index (χ0n) is 15.9. The Labute approximate surface area is 177 Å².